The van der Waals surface area contributed by atoms with Crippen LogP contribution in [0.1, 0.15) is 41.0 Å². The molecule has 246 valence electrons. The summed E-state index contributed by atoms with van der Waals surface area (Å²) in [6, 6.07) is 9.47. The summed E-state index contributed by atoms with van der Waals surface area (Å²) in [6.07, 6.45) is -0.761. The number of hydrogen-bond donors (Lipinski definition) is 4. The number of Topliss-reactive ketones (excluding diaryl/α,β-unsaturated/α-hetero) is 1. The van der Waals surface area contributed by atoms with Gasteiger partial charge in [0.05, 0.1) is 38.8 Å². The average Bonchev–Trinajstić information content (AvgIpc) is 3.46. The van der Waals surface area contributed by atoms with Crippen molar-refractivity contribution in [2.45, 2.75) is 74.6 Å². The largest absolute Gasteiger partial charge is 0.481 e. The van der Waals surface area contributed by atoms with Gasteiger partial charge in [-0.05, 0) is 53.4 Å². The van der Waals surface area contributed by atoms with Crippen LogP contribution < -0.4 is 15.4 Å². The third-order valence-electron chi connectivity index (χ3n) is 5.25. The summed E-state index contributed by atoms with van der Waals surface area (Å²) in [5, 5.41) is 25.8. The lowest BCUT2D eigenvalue weighted by atomic mass is 10.1. The van der Waals surface area contributed by atoms with Crippen molar-refractivity contribution >= 4 is 68.6 Å². The summed E-state index contributed by atoms with van der Waals surface area (Å²) in [4.78, 5) is 49.7. The molecule has 0 aliphatic rings. The zero-order chi connectivity index (χ0) is 34.2. The first-order valence-corrected chi connectivity index (χ1v) is 16.7. The fourth-order valence-electron chi connectivity index (χ4n) is 3.22. The molecule has 0 fully saturated rings. The highest BCUT2D eigenvalue weighted by Crippen LogP contribution is 2.37. The molecule has 3 aromatic rings. The molecule has 4 N–H and O–H groups in total. The summed E-state index contributed by atoms with van der Waals surface area (Å²) in [5.74, 6) is -3.82. The number of halogens is 2. The topological polar surface area (TPSA) is 202 Å². The maximum atomic E-state index is 13.0. The number of sulfonamides is 1. The Hall–Kier alpha value is -3.57. The van der Waals surface area contributed by atoms with Crippen molar-refractivity contribution in [2.24, 2.45) is 0 Å². The lowest BCUT2D eigenvalue weighted by Crippen LogP contribution is -2.52. The Kier molecular flexibility index (Phi) is 17.3. The van der Waals surface area contributed by atoms with Gasteiger partial charge in [0.2, 0.25) is 27.0 Å². The van der Waals surface area contributed by atoms with Crippen molar-refractivity contribution in [1.82, 2.24) is 35.6 Å². The zero-order valence-electron chi connectivity index (χ0n) is 25.2. The minimum atomic E-state index is -3.96. The van der Waals surface area contributed by atoms with Crippen LogP contribution in [0.2, 0.25) is 10.0 Å². The van der Waals surface area contributed by atoms with E-state index in [1.165, 1.54) is 31.2 Å². The summed E-state index contributed by atoms with van der Waals surface area (Å²) >= 11 is 13.3. The van der Waals surface area contributed by atoms with E-state index in [1.807, 2.05) is 27.7 Å². The molecular formula is C27H35Cl2N7O7S2. The Morgan fingerprint density at radius 1 is 0.956 bits per heavy atom. The van der Waals surface area contributed by atoms with Gasteiger partial charge in [0.25, 0.3) is 0 Å². The molecule has 0 aliphatic heterocycles. The monoisotopic (exact) mass is 703 g/mol. The van der Waals surface area contributed by atoms with Crippen molar-refractivity contribution < 1.29 is 32.7 Å². The predicted octanol–water partition coefficient (Wildman–Crippen LogP) is 3.20. The van der Waals surface area contributed by atoms with Crippen LogP contribution >= 0.6 is 35.0 Å². The first-order chi connectivity index (χ1) is 21.4. The Bertz CT molecular complexity index is 1520. The minimum absolute atomic E-state index is 0.0484. The number of carboxylic acid groups (broad SMARTS) is 1. The fourth-order valence-corrected chi connectivity index (χ4v) is 5.65. The first-order valence-electron chi connectivity index (χ1n) is 13.6. The van der Waals surface area contributed by atoms with E-state index in [0.29, 0.717) is 14.9 Å². The molecule has 0 aliphatic carbocycles. The average molecular weight is 705 g/mol. The zero-order valence-corrected chi connectivity index (χ0v) is 28.3. The number of nitrogens with one attached hydrogen (secondary N) is 3. The molecule has 0 radical (unpaired) electrons. The summed E-state index contributed by atoms with van der Waals surface area (Å²) in [6.45, 7) is 8.11. The van der Waals surface area contributed by atoms with Gasteiger partial charge < -0.3 is 15.7 Å². The Labute approximate surface area is 275 Å². The van der Waals surface area contributed by atoms with E-state index in [9.17, 15) is 32.7 Å². The normalized spacial score (nSPS) is 11.9. The van der Waals surface area contributed by atoms with Crippen LogP contribution in [0.25, 0.3) is 0 Å². The minimum Gasteiger partial charge on any atom is -0.481 e. The van der Waals surface area contributed by atoms with Crippen molar-refractivity contribution in [1.29, 1.82) is 0 Å². The maximum absolute atomic E-state index is 13.0. The molecular weight excluding hydrogens is 669 g/mol. The molecule has 3 rings (SSSR count). The first kappa shape index (κ1) is 39.5. The highest BCUT2D eigenvalue weighted by molar-refractivity contribution is 7.99. The van der Waals surface area contributed by atoms with Crippen molar-refractivity contribution in [3.8, 4) is 0 Å². The number of rotatable bonds is 14. The van der Waals surface area contributed by atoms with Crippen LogP contribution in [0.5, 0.6) is 0 Å². The molecule has 18 heteroatoms. The number of tetrazole rings is 1. The number of carbonyl (C=O) groups is 4. The lowest BCUT2D eigenvalue weighted by molar-refractivity contribution is -0.140. The molecule has 0 spiro atoms. The number of carbonyl (C=O) groups excluding carboxylic acids is 3. The number of amides is 2. The van der Waals surface area contributed by atoms with Gasteiger partial charge in [0, 0.05) is 0 Å². The van der Waals surface area contributed by atoms with E-state index in [0.717, 1.165) is 16.4 Å². The number of nitrogens with zero attached hydrogens (tertiary/aromatic N) is 4. The lowest BCUT2D eigenvalue weighted by Gasteiger charge is -2.20. The van der Waals surface area contributed by atoms with Gasteiger partial charge in [0.15, 0.2) is 5.78 Å². The summed E-state index contributed by atoms with van der Waals surface area (Å²) in [7, 11) is -3.96. The molecule has 45 heavy (non-hydrogen) atoms. The number of carboxylic acids is 1. The molecule has 2 unspecified atom stereocenters. The quantitative estimate of drug-likeness (QED) is 0.192. The van der Waals surface area contributed by atoms with E-state index < -0.39 is 65.2 Å². The van der Waals surface area contributed by atoms with Crippen molar-refractivity contribution in [3.63, 3.8) is 0 Å². The van der Waals surface area contributed by atoms with Gasteiger partial charge in [-0.25, -0.2) is 17.8 Å². The molecule has 2 atom stereocenters. The van der Waals surface area contributed by atoms with Crippen LogP contribution in [-0.2, 0) is 35.7 Å². The molecule has 0 saturated carbocycles. The van der Waals surface area contributed by atoms with E-state index in [-0.39, 0.29) is 10.1 Å². The highest BCUT2D eigenvalue weighted by atomic mass is 35.5. The SMILES string of the molecule is CC.CC.CC(NC(=O)CNS(=O)(=O)c1ccccc1)C(=O)NC(CC(=O)O)C(=O)Cn1nnnc1Sc1c(Cl)cccc1Cl. The van der Waals surface area contributed by atoms with Gasteiger partial charge in [0.1, 0.15) is 12.6 Å². The molecule has 1 aromatic heterocycles. The summed E-state index contributed by atoms with van der Waals surface area (Å²) < 4.78 is 27.8. The van der Waals surface area contributed by atoms with Crippen molar-refractivity contribution in [3.05, 3.63) is 58.6 Å². The third kappa shape index (κ3) is 12.8. The summed E-state index contributed by atoms with van der Waals surface area (Å²) in [5.41, 5.74) is 0. The van der Waals surface area contributed by atoms with Crippen LogP contribution in [-0.4, -0.2) is 75.9 Å². The van der Waals surface area contributed by atoms with E-state index >= 15 is 0 Å². The van der Waals surface area contributed by atoms with E-state index in [1.54, 1.807) is 24.3 Å². The van der Waals surface area contributed by atoms with Gasteiger partial charge in [-0.3, -0.25) is 19.2 Å². The van der Waals surface area contributed by atoms with Crippen LogP contribution in [0.4, 0.5) is 0 Å². The molecule has 2 amide bonds. The van der Waals surface area contributed by atoms with E-state index in [4.69, 9.17) is 23.2 Å². The van der Waals surface area contributed by atoms with Gasteiger partial charge in [-0.15, -0.1) is 5.10 Å². The molecule has 0 saturated heterocycles. The number of hydrogen-bond acceptors (Lipinski definition) is 10. The smallest absolute Gasteiger partial charge is 0.305 e. The molecule has 14 nitrogen and oxygen atoms in total. The van der Waals surface area contributed by atoms with Crippen LogP contribution in [0, 0.1) is 0 Å². The Morgan fingerprint density at radius 2 is 1.56 bits per heavy atom. The maximum Gasteiger partial charge on any atom is 0.305 e. The van der Waals surface area contributed by atoms with E-state index in [2.05, 4.69) is 30.9 Å². The Balaban J connectivity index is 0.00000243. The molecule has 1 heterocycles. The molecule has 2 aromatic carbocycles. The highest BCUT2D eigenvalue weighted by Gasteiger charge is 2.28. The van der Waals surface area contributed by atoms with Crippen molar-refractivity contribution in [2.75, 3.05) is 6.54 Å². The predicted molar refractivity (Wildman–Crippen MR) is 170 cm³/mol. The van der Waals surface area contributed by atoms with Gasteiger partial charge in [-0.1, -0.05) is 75.2 Å². The number of ketones is 1. The molecule has 0 bridgehead atoms. The third-order valence-corrected chi connectivity index (χ3v) is 8.64. The second kappa shape index (κ2) is 19.7. The fraction of sp³-hybridized carbons (Fsp3) is 0.370. The van der Waals surface area contributed by atoms with Gasteiger partial charge >= 0.3 is 5.97 Å². The van der Waals surface area contributed by atoms with Crippen LogP contribution in [0.15, 0.2) is 63.5 Å². The van der Waals surface area contributed by atoms with Gasteiger partial charge in [-0.2, -0.15) is 0 Å². The number of benzene rings is 2. The second-order valence-corrected chi connectivity index (χ2v) is 11.9. The standard InChI is InChI=1S/C23H23Cl2N7O7S2.2C2H6/c1-13(27-19(34)11-26-41(38,39)14-6-3-2-4-7-14)22(37)28-17(10-20(35)36)18(33)12-32-23(29-30-31-32)40-21-15(24)8-5-9-16(21)25;2*1-2/h2-9,13,17,26H,10-12H2,1H3,(H,27,34)(H,28,37)(H,35,36);2*1-2H3. The Morgan fingerprint density at radius 3 is 2.13 bits per heavy atom. The van der Waals surface area contributed by atoms with Crippen LogP contribution in [0.3, 0.4) is 0 Å². The number of aliphatic carboxylic acids is 1. The number of aromatic nitrogens is 4. The second-order valence-electron chi connectivity index (χ2n) is 8.32.